The van der Waals surface area contributed by atoms with Crippen LogP contribution in [0.2, 0.25) is 0 Å². The van der Waals surface area contributed by atoms with Gasteiger partial charge in [-0.3, -0.25) is 9.59 Å². The highest BCUT2D eigenvalue weighted by Crippen LogP contribution is 2.19. The van der Waals surface area contributed by atoms with Crippen LogP contribution < -0.4 is 5.32 Å². The summed E-state index contributed by atoms with van der Waals surface area (Å²) in [6.45, 7) is 4.77. The second-order valence-corrected chi connectivity index (χ2v) is 6.28. The number of ether oxygens (including phenoxy) is 1. The Balaban J connectivity index is 1.71. The smallest absolute Gasteiger partial charge is 0.307 e. The Hall–Kier alpha value is -2.62. The molecule has 0 aliphatic carbocycles. The fourth-order valence-corrected chi connectivity index (χ4v) is 2.61. The molecule has 0 bridgehead atoms. The van der Waals surface area contributed by atoms with Crippen LogP contribution >= 0.6 is 0 Å². The standard InChI is InChI=1S/C21H25NO3/c1-16(2)19-11-7-6-10-18(19)14-20(23)22-13-12-21(24)25-15-17-8-4-3-5-9-17/h3-11,16H,12-15H2,1-2H3,(H,22,23). The Kier molecular flexibility index (Phi) is 7.20. The molecule has 2 aromatic carbocycles. The predicted octanol–water partition coefficient (Wildman–Crippen LogP) is 3.60. The van der Waals surface area contributed by atoms with Gasteiger partial charge in [0.15, 0.2) is 0 Å². The number of nitrogens with one attached hydrogen (secondary N) is 1. The lowest BCUT2D eigenvalue weighted by Crippen LogP contribution is -2.28. The number of carbonyl (C=O) groups is 2. The molecule has 0 spiro atoms. The fraction of sp³-hybridized carbons (Fsp3) is 0.333. The first-order valence-electron chi connectivity index (χ1n) is 8.60. The Morgan fingerprint density at radius 2 is 1.68 bits per heavy atom. The van der Waals surface area contributed by atoms with Crippen molar-refractivity contribution in [1.82, 2.24) is 5.32 Å². The highest BCUT2D eigenvalue weighted by molar-refractivity contribution is 5.79. The zero-order valence-corrected chi connectivity index (χ0v) is 14.8. The molecule has 132 valence electrons. The van der Waals surface area contributed by atoms with Crippen molar-refractivity contribution in [1.29, 1.82) is 0 Å². The molecule has 0 saturated heterocycles. The summed E-state index contributed by atoms with van der Waals surface area (Å²) < 4.78 is 5.19. The van der Waals surface area contributed by atoms with Gasteiger partial charge in [-0.25, -0.2) is 0 Å². The van der Waals surface area contributed by atoms with Gasteiger partial charge in [-0.2, -0.15) is 0 Å². The van der Waals surface area contributed by atoms with Crippen molar-refractivity contribution < 1.29 is 14.3 Å². The molecular weight excluding hydrogens is 314 g/mol. The molecule has 0 atom stereocenters. The Bertz CT molecular complexity index is 695. The molecular formula is C21H25NO3. The minimum absolute atomic E-state index is 0.0797. The molecule has 2 aromatic rings. The van der Waals surface area contributed by atoms with Gasteiger partial charge in [-0.1, -0.05) is 68.4 Å². The maximum absolute atomic E-state index is 12.1. The van der Waals surface area contributed by atoms with Crippen LogP contribution in [0.3, 0.4) is 0 Å². The Morgan fingerprint density at radius 1 is 1.00 bits per heavy atom. The summed E-state index contributed by atoms with van der Waals surface area (Å²) in [5.41, 5.74) is 3.16. The summed E-state index contributed by atoms with van der Waals surface area (Å²) in [5.74, 6) is -0.0207. The maximum atomic E-state index is 12.1. The van der Waals surface area contributed by atoms with E-state index in [1.807, 2.05) is 54.6 Å². The number of carbonyl (C=O) groups excluding carboxylic acids is 2. The molecule has 4 nitrogen and oxygen atoms in total. The van der Waals surface area contributed by atoms with Crippen LogP contribution in [-0.2, 0) is 27.4 Å². The van der Waals surface area contributed by atoms with Gasteiger partial charge in [0.25, 0.3) is 0 Å². The molecule has 0 fully saturated rings. The average Bonchev–Trinajstić information content (AvgIpc) is 2.61. The first kappa shape index (κ1) is 18.7. The van der Waals surface area contributed by atoms with E-state index in [9.17, 15) is 9.59 Å². The van der Waals surface area contributed by atoms with Crippen LogP contribution in [0.15, 0.2) is 54.6 Å². The van der Waals surface area contributed by atoms with Gasteiger partial charge in [0.2, 0.25) is 5.91 Å². The average molecular weight is 339 g/mol. The van der Waals surface area contributed by atoms with E-state index in [2.05, 4.69) is 19.2 Å². The molecule has 0 radical (unpaired) electrons. The van der Waals surface area contributed by atoms with Crippen LogP contribution in [0.1, 0.15) is 42.9 Å². The Labute approximate surface area is 149 Å². The van der Waals surface area contributed by atoms with Gasteiger partial charge in [-0.05, 0) is 22.6 Å². The minimum atomic E-state index is -0.313. The van der Waals surface area contributed by atoms with E-state index < -0.39 is 0 Å². The number of amides is 1. The molecule has 1 amide bonds. The molecule has 0 heterocycles. The lowest BCUT2D eigenvalue weighted by Gasteiger charge is -2.12. The highest BCUT2D eigenvalue weighted by Gasteiger charge is 2.10. The lowest BCUT2D eigenvalue weighted by molar-refractivity contribution is -0.144. The third-order valence-corrected chi connectivity index (χ3v) is 3.92. The predicted molar refractivity (Wildman–Crippen MR) is 98.1 cm³/mol. The highest BCUT2D eigenvalue weighted by atomic mass is 16.5. The van der Waals surface area contributed by atoms with E-state index >= 15 is 0 Å². The van der Waals surface area contributed by atoms with Crippen molar-refractivity contribution in [3.63, 3.8) is 0 Å². The van der Waals surface area contributed by atoms with Gasteiger partial charge in [0.05, 0.1) is 12.8 Å². The molecule has 0 aliphatic rings. The zero-order chi connectivity index (χ0) is 18.1. The summed E-state index contributed by atoms with van der Waals surface area (Å²) in [4.78, 5) is 23.8. The number of hydrogen-bond donors (Lipinski definition) is 1. The monoisotopic (exact) mass is 339 g/mol. The topological polar surface area (TPSA) is 55.4 Å². The number of hydrogen-bond acceptors (Lipinski definition) is 3. The third-order valence-electron chi connectivity index (χ3n) is 3.92. The van der Waals surface area contributed by atoms with Crippen molar-refractivity contribution in [3.8, 4) is 0 Å². The largest absolute Gasteiger partial charge is 0.461 e. The summed E-state index contributed by atoms with van der Waals surface area (Å²) in [7, 11) is 0. The molecule has 2 rings (SSSR count). The fourth-order valence-electron chi connectivity index (χ4n) is 2.61. The molecule has 0 aromatic heterocycles. The first-order chi connectivity index (χ1) is 12.1. The van der Waals surface area contributed by atoms with Gasteiger partial charge in [-0.15, -0.1) is 0 Å². The third kappa shape index (κ3) is 6.42. The van der Waals surface area contributed by atoms with Crippen LogP contribution in [0.25, 0.3) is 0 Å². The first-order valence-corrected chi connectivity index (χ1v) is 8.60. The van der Waals surface area contributed by atoms with Crippen molar-refractivity contribution in [2.75, 3.05) is 6.54 Å². The van der Waals surface area contributed by atoms with E-state index in [4.69, 9.17) is 4.74 Å². The molecule has 1 N–H and O–H groups in total. The zero-order valence-electron chi connectivity index (χ0n) is 14.8. The SMILES string of the molecule is CC(C)c1ccccc1CC(=O)NCCC(=O)OCc1ccccc1. The van der Waals surface area contributed by atoms with Gasteiger partial charge < -0.3 is 10.1 Å². The van der Waals surface area contributed by atoms with Crippen LogP contribution in [0.4, 0.5) is 0 Å². The number of esters is 1. The number of rotatable bonds is 8. The summed E-state index contributed by atoms with van der Waals surface area (Å²) in [6.07, 6.45) is 0.498. The van der Waals surface area contributed by atoms with Crippen molar-refractivity contribution in [3.05, 3.63) is 71.3 Å². The van der Waals surface area contributed by atoms with E-state index in [1.165, 1.54) is 5.56 Å². The molecule has 25 heavy (non-hydrogen) atoms. The quantitative estimate of drug-likeness (QED) is 0.748. The van der Waals surface area contributed by atoms with Gasteiger partial charge in [0.1, 0.15) is 6.61 Å². The maximum Gasteiger partial charge on any atom is 0.307 e. The summed E-state index contributed by atoms with van der Waals surface area (Å²) in [5, 5.41) is 2.79. The van der Waals surface area contributed by atoms with Crippen LogP contribution in [0.5, 0.6) is 0 Å². The van der Waals surface area contributed by atoms with Crippen molar-refractivity contribution in [2.24, 2.45) is 0 Å². The Morgan fingerprint density at radius 3 is 2.40 bits per heavy atom. The van der Waals surface area contributed by atoms with Gasteiger partial charge in [0, 0.05) is 6.54 Å². The summed E-state index contributed by atoms with van der Waals surface area (Å²) in [6, 6.07) is 17.5. The molecule has 0 unspecified atom stereocenters. The minimum Gasteiger partial charge on any atom is -0.461 e. The second-order valence-electron chi connectivity index (χ2n) is 6.28. The van der Waals surface area contributed by atoms with Gasteiger partial charge >= 0.3 is 5.97 Å². The van der Waals surface area contributed by atoms with E-state index in [-0.39, 0.29) is 31.4 Å². The van der Waals surface area contributed by atoms with Crippen LogP contribution in [0, 0.1) is 0 Å². The second kappa shape index (κ2) is 9.62. The van der Waals surface area contributed by atoms with E-state index in [0.717, 1.165) is 11.1 Å². The van der Waals surface area contributed by atoms with E-state index in [1.54, 1.807) is 0 Å². The number of benzene rings is 2. The molecule has 0 saturated carbocycles. The van der Waals surface area contributed by atoms with Crippen LogP contribution in [-0.4, -0.2) is 18.4 Å². The summed E-state index contributed by atoms with van der Waals surface area (Å²) >= 11 is 0. The van der Waals surface area contributed by atoms with Crippen molar-refractivity contribution >= 4 is 11.9 Å². The molecule has 4 heteroatoms. The lowest BCUT2D eigenvalue weighted by atomic mass is 9.95. The molecule has 0 aliphatic heterocycles. The normalized spacial score (nSPS) is 10.5. The van der Waals surface area contributed by atoms with Crippen molar-refractivity contribution in [2.45, 2.75) is 39.2 Å². The van der Waals surface area contributed by atoms with E-state index in [0.29, 0.717) is 12.3 Å².